The van der Waals surface area contributed by atoms with Crippen LogP contribution in [0.3, 0.4) is 0 Å². The molecule has 2 heterocycles. The maximum atomic E-state index is 15.0. The molecule has 4 aromatic carbocycles. The van der Waals surface area contributed by atoms with Crippen LogP contribution >= 0.6 is 0 Å². The molecule has 0 saturated heterocycles. The average molecular weight is 495 g/mol. The molecule has 0 amide bonds. The van der Waals surface area contributed by atoms with Crippen LogP contribution in [-0.2, 0) is 10.3 Å². The number of hydrogen-bond donors (Lipinski definition) is 0. The van der Waals surface area contributed by atoms with Crippen LogP contribution in [0, 0.1) is 0 Å². The third-order valence-corrected chi connectivity index (χ3v) is 7.29. The normalized spacial score (nSPS) is 16.9. The van der Waals surface area contributed by atoms with Crippen LogP contribution in [0.1, 0.15) is 40.9 Å². The predicted molar refractivity (Wildman–Crippen MR) is 143 cm³/mol. The van der Waals surface area contributed by atoms with Crippen molar-refractivity contribution in [3.63, 3.8) is 0 Å². The zero-order valence-electron chi connectivity index (χ0n) is 20.8. The maximum Gasteiger partial charge on any atom is 0.340 e. The summed E-state index contributed by atoms with van der Waals surface area (Å²) >= 11 is 0. The monoisotopic (exact) mass is 494 g/mol. The molecule has 0 aromatic heterocycles. The lowest BCUT2D eigenvalue weighted by Crippen LogP contribution is -2.35. The minimum absolute atomic E-state index is 0.414. The van der Waals surface area contributed by atoms with Crippen molar-refractivity contribution in [2.75, 3.05) is 29.7 Å². The first-order valence-electron chi connectivity index (χ1n) is 12.5. The van der Waals surface area contributed by atoms with Crippen molar-refractivity contribution in [1.29, 1.82) is 0 Å². The van der Waals surface area contributed by atoms with E-state index in [4.69, 9.17) is 9.47 Å². The summed E-state index contributed by atoms with van der Waals surface area (Å²) in [6.07, 6.45) is 0. The molecule has 6 heteroatoms. The SMILES string of the molecule is CCN(CC)c1cccc(N(CF)c2cccc3c2C2(OC(=O)c4ccccc42)c2ccccc2O3)c1. The van der Waals surface area contributed by atoms with Gasteiger partial charge in [-0.05, 0) is 56.3 Å². The number of ether oxygens (including phenoxy) is 2. The van der Waals surface area contributed by atoms with Gasteiger partial charge in [-0.3, -0.25) is 0 Å². The molecule has 0 radical (unpaired) electrons. The highest BCUT2D eigenvalue weighted by molar-refractivity contribution is 5.97. The first-order chi connectivity index (χ1) is 18.1. The summed E-state index contributed by atoms with van der Waals surface area (Å²) < 4.78 is 27.6. The Morgan fingerprint density at radius 2 is 1.46 bits per heavy atom. The smallest absolute Gasteiger partial charge is 0.340 e. The Labute approximate surface area is 215 Å². The number of para-hydroxylation sites is 1. The van der Waals surface area contributed by atoms with E-state index in [0.717, 1.165) is 24.3 Å². The van der Waals surface area contributed by atoms with Crippen molar-refractivity contribution >= 4 is 23.0 Å². The number of halogens is 1. The zero-order chi connectivity index (χ0) is 25.6. The van der Waals surface area contributed by atoms with E-state index in [1.807, 2.05) is 84.9 Å². The van der Waals surface area contributed by atoms with Gasteiger partial charge in [0, 0.05) is 35.6 Å². The van der Waals surface area contributed by atoms with Crippen LogP contribution in [0.2, 0.25) is 0 Å². The highest BCUT2D eigenvalue weighted by atomic mass is 19.1. The summed E-state index contributed by atoms with van der Waals surface area (Å²) in [6.45, 7) is 5.11. The fourth-order valence-electron chi connectivity index (χ4n) is 5.60. The number of rotatable bonds is 6. The molecule has 2 aliphatic heterocycles. The summed E-state index contributed by atoms with van der Waals surface area (Å²) in [5.41, 5.74) is 3.57. The van der Waals surface area contributed by atoms with Crippen molar-refractivity contribution in [3.8, 4) is 11.5 Å². The Morgan fingerprint density at radius 1 is 0.784 bits per heavy atom. The highest BCUT2D eigenvalue weighted by Gasteiger charge is 2.55. The lowest BCUT2D eigenvalue weighted by Gasteiger charge is -2.39. The van der Waals surface area contributed by atoms with E-state index in [9.17, 15) is 4.79 Å². The number of nitrogens with zero attached hydrogens (tertiary/aromatic N) is 2. The molecule has 4 aromatic rings. The number of alkyl halides is 1. The van der Waals surface area contributed by atoms with Gasteiger partial charge in [-0.1, -0.05) is 48.5 Å². The second kappa shape index (κ2) is 8.96. The number of carbonyl (C=O) groups excluding carboxylic acids is 1. The van der Waals surface area contributed by atoms with Gasteiger partial charge in [0.05, 0.1) is 16.8 Å². The number of esters is 1. The van der Waals surface area contributed by atoms with Crippen molar-refractivity contribution in [2.24, 2.45) is 0 Å². The van der Waals surface area contributed by atoms with E-state index >= 15 is 4.39 Å². The lowest BCUT2D eigenvalue weighted by atomic mass is 9.76. The second-order valence-electron chi connectivity index (χ2n) is 9.10. The second-order valence-corrected chi connectivity index (χ2v) is 9.10. The third kappa shape index (κ3) is 3.39. The van der Waals surface area contributed by atoms with Gasteiger partial charge in [0.15, 0.2) is 12.4 Å². The summed E-state index contributed by atoms with van der Waals surface area (Å²) in [4.78, 5) is 17.0. The van der Waals surface area contributed by atoms with E-state index in [1.165, 1.54) is 0 Å². The van der Waals surface area contributed by atoms with Gasteiger partial charge >= 0.3 is 5.97 Å². The van der Waals surface area contributed by atoms with Crippen LogP contribution in [-0.4, -0.2) is 25.9 Å². The van der Waals surface area contributed by atoms with Gasteiger partial charge in [0.25, 0.3) is 0 Å². The highest BCUT2D eigenvalue weighted by Crippen LogP contribution is 2.58. The van der Waals surface area contributed by atoms with Gasteiger partial charge in [-0.25, -0.2) is 9.18 Å². The number of hydrogen-bond acceptors (Lipinski definition) is 5. The molecule has 0 N–H and O–H groups in total. The van der Waals surface area contributed by atoms with Crippen molar-refractivity contribution in [1.82, 2.24) is 0 Å². The molecule has 186 valence electrons. The van der Waals surface area contributed by atoms with Gasteiger partial charge in [0.1, 0.15) is 11.5 Å². The van der Waals surface area contributed by atoms with E-state index in [-0.39, 0.29) is 0 Å². The van der Waals surface area contributed by atoms with E-state index in [2.05, 4.69) is 18.7 Å². The fourth-order valence-corrected chi connectivity index (χ4v) is 5.60. The predicted octanol–water partition coefficient (Wildman–Crippen LogP) is 7.17. The summed E-state index contributed by atoms with van der Waals surface area (Å²) in [6, 6.07) is 28.3. The van der Waals surface area contributed by atoms with Gasteiger partial charge in [-0.2, -0.15) is 0 Å². The quantitative estimate of drug-likeness (QED) is 0.210. The van der Waals surface area contributed by atoms with Crippen LogP contribution in [0.15, 0.2) is 91.0 Å². The molecule has 2 aliphatic rings. The molecule has 5 nitrogen and oxygen atoms in total. The van der Waals surface area contributed by atoms with Crippen molar-refractivity contribution < 1.29 is 18.7 Å². The molecular formula is C31H27FN2O3. The Hall–Kier alpha value is -4.32. The number of fused-ring (bicyclic) bond motifs is 6. The summed E-state index contributed by atoms with van der Waals surface area (Å²) in [5.74, 6) is 0.717. The molecule has 0 fully saturated rings. The Bertz CT molecular complexity index is 1500. The minimum atomic E-state index is -1.27. The Balaban J connectivity index is 1.61. The van der Waals surface area contributed by atoms with E-state index in [0.29, 0.717) is 39.6 Å². The largest absolute Gasteiger partial charge is 0.456 e. The average Bonchev–Trinajstić information content (AvgIpc) is 3.23. The molecular weight excluding hydrogens is 467 g/mol. The summed E-state index contributed by atoms with van der Waals surface area (Å²) in [5, 5.41) is 0. The van der Waals surface area contributed by atoms with Crippen LogP contribution in [0.5, 0.6) is 11.5 Å². The number of benzene rings is 4. The Morgan fingerprint density at radius 3 is 2.24 bits per heavy atom. The standard InChI is InChI=1S/C31H27FN2O3/c1-3-33(4-2)21-11-9-12-22(19-21)34(20-32)26-16-10-18-28-29(26)31(25-15-7-8-17-27(25)36-28)24-14-6-5-13-23(24)30(35)37-31/h5-19H,3-4,20H2,1-2H3. The molecule has 1 spiro atoms. The zero-order valence-corrected chi connectivity index (χ0v) is 20.8. The number of carbonyl (C=O) groups is 1. The molecule has 1 unspecified atom stereocenters. The molecule has 0 aliphatic carbocycles. The van der Waals surface area contributed by atoms with Crippen LogP contribution < -0.4 is 14.5 Å². The fraction of sp³-hybridized carbons (Fsp3) is 0.194. The van der Waals surface area contributed by atoms with Crippen molar-refractivity contribution in [2.45, 2.75) is 19.4 Å². The first kappa shape index (κ1) is 23.1. The summed E-state index contributed by atoms with van der Waals surface area (Å²) in [7, 11) is 0. The molecule has 1 atom stereocenters. The van der Waals surface area contributed by atoms with Gasteiger partial charge < -0.3 is 19.3 Å². The molecule has 0 bridgehead atoms. The lowest BCUT2D eigenvalue weighted by molar-refractivity contribution is 0.0226. The molecule has 0 saturated carbocycles. The molecule has 6 rings (SSSR count). The Kier molecular flexibility index (Phi) is 5.60. The third-order valence-electron chi connectivity index (χ3n) is 7.29. The first-order valence-corrected chi connectivity index (χ1v) is 12.5. The van der Waals surface area contributed by atoms with E-state index < -0.39 is 18.4 Å². The van der Waals surface area contributed by atoms with Gasteiger partial charge in [0.2, 0.25) is 0 Å². The maximum absolute atomic E-state index is 15.0. The van der Waals surface area contributed by atoms with E-state index in [1.54, 1.807) is 11.0 Å². The number of anilines is 3. The topological polar surface area (TPSA) is 42.0 Å². The molecule has 37 heavy (non-hydrogen) atoms. The minimum Gasteiger partial charge on any atom is -0.456 e. The van der Waals surface area contributed by atoms with Gasteiger partial charge in [-0.15, -0.1) is 0 Å². The van der Waals surface area contributed by atoms with Crippen LogP contribution in [0.4, 0.5) is 21.5 Å². The van der Waals surface area contributed by atoms with Crippen molar-refractivity contribution in [3.05, 3.63) is 113 Å². The van der Waals surface area contributed by atoms with Crippen LogP contribution in [0.25, 0.3) is 0 Å².